The van der Waals surface area contributed by atoms with Crippen LogP contribution in [-0.4, -0.2) is 48.3 Å². The lowest BCUT2D eigenvalue weighted by Gasteiger charge is -2.21. The van der Waals surface area contributed by atoms with Gasteiger partial charge in [0.25, 0.3) is 0 Å². The summed E-state index contributed by atoms with van der Waals surface area (Å²) in [7, 11) is 0. The second kappa shape index (κ2) is 8.25. The molecule has 0 radical (unpaired) electrons. The van der Waals surface area contributed by atoms with E-state index < -0.39 is 18.6 Å². The van der Waals surface area contributed by atoms with Crippen LogP contribution in [0.5, 0.6) is 0 Å². The van der Waals surface area contributed by atoms with Crippen molar-refractivity contribution in [1.82, 2.24) is 4.90 Å². The van der Waals surface area contributed by atoms with E-state index in [0.29, 0.717) is 0 Å². The zero-order valence-corrected chi connectivity index (χ0v) is 14.5. The van der Waals surface area contributed by atoms with Crippen molar-refractivity contribution in [1.29, 1.82) is 0 Å². The van der Waals surface area contributed by atoms with E-state index in [9.17, 15) is 9.59 Å². The lowest BCUT2D eigenvalue weighted by atomic mass is 9.98. The minimum Gasteiger partial charge on any atom is -0.480 e. The number of carbonyl (C=O) groups is 2. The first kappa shape index (κ1) is 18.3. The number of hydrogen-bond donors (Lipinski definition) is 1. The SMILES string of the molecule is [N-]=[N+]=NCCN(CC(=O)O)C(=O)OCC1c2ccccc2-c2ccccc21. The number of rotatable bonds is 7. The molecule has 0 bridgehead atoms. The van der Waals surface area contributed by atoms with Crippen LogP contribution in [0.3, 0.4) is 0 Å². The third-order valence-corrected chi connectivity index (χ3v) is 4.45. The molecule has 0 heterocycles. The summed E-state index contributed by atoms with van der Waals surface area (Å²) in [6, 6.07) is 15.9. The van der Waals surface area contributed by atoms with Crippen LogP contribution in [0.15, 0.2) is 53.6 Å². The zero-order chi connectivity index (χ0) is 19.2. The second-order valence-electron chi connectivity index (χ2n) is 6.07. The molecule has 0 saturated carbocycles. The van der Waals surface area contributed by atoms with Gasteiger partial charge in [-0.15, -0.1) is 0 Å². The van der Waals surface area contributed by atoms with Gasteiger partial charge >= 0.3 is 12.1 Å². The molecule has 2 aromatic carbocycles. The predicted octanol–water partition coefficient (Wildman–Crippen LogP) is 3.63. The fraction of sp³-hybridized carbons (Fsp3) is 0.263. The molecule has 1 aliphatic rings. The monoisotopic (exact) mass is 366 g/mol. The summed E-state index contributed by atoms with van der Waals surface area (Å²) in [6.45, 7) is -0.455. The van der Waals surface area contributed by atoms with Crippen LogP contribution in [0, 0.1) is 0 Å². The van der Waals surface area contributed by atoms with E-state index in [1.807, 2.05) is 48.5 Å². The first-order valence-corrected chi connectivity index (χ1v) is 8.44. The zero-order valence-electron chi connectivity index (χ0n) is 14.5. The first-order valence-electron chi connectivity index (χ1n) is 8.44. The van der Waals surface area contributed by atoms with Gasteiger partial charge in [-0.05, 0) is 27.8 Å². The van der Waals surface area contributed by atoms with Gasteiger partial charge in [0.05, 0.1) is 0 Å². The Bertz CT molecular complexity index is 863. The fourth-order valence-electron chi connectivity index (χ4n) is 3.29. The number of azide groups is 1. The van der Waals surface area contributed by atoms with Crippen LogP contribution in [0.2, 0.25) is 0 Å². The molecule has 2 aromatic rings. The minimum atomic E-state index is -1.16. The summed E-state index contributed by atoms with van der Waals surface area (Å²) in [5.41, 5.74) is 12.7. The molecule has 27 heavy (non-hydrogen) atoms. The number of carbonyl (C=O) groups excluding carboxylic acids is 1. The van der Waals surface area contributed by atoms with Crippen molar-refractivity contribution in [2.24, 2.45) is 5.11 Å². The Morgan fingerprint density at radius 2 is 1.70 bits per heavy atom. The molecule has 0 atom stereocenters. The van der Waals surface area contributed by atoms with Crippen molar-refractivity contribution in [2.75, 3.05) is 26.2 Å². The van der Waals surface area contributed by atoms with Crippen molar-refractivity contribution in [2.45, 2.75) is 5.92 Å². The largest absolute Gasteiger partial charge is 0.480 e. The number of hydrogen-bond acceptors (Lipinski definition) is 4. The van der Waals surface area contributed by atoms with Crippen LogP contribution < -0.4 is 0 Å². The summed E-state index contributed by atoms with van der Waals surface area (Å²) in [5, 5.41) is 12.3. The quantitative estimate of drug-likeness (QED) is 0.457. The molecule has 8 heteroatoms. The van der Waals surface area contributed by atoms with E-state index >= 15 is 0 Å². The highest BCUT2D eigenvalue weighted by Crippen LogP contribution is 2.44. The van der Waals surface area contributed by atoms with Crippen molar-refractivity contribution < 1.29 is 19.4 Å². The molecular formula is C19H18N4O4. The third-order valence-electron chi connectivity index (χ3n) is 4.45. The van der Waals surface area contributed by atoms with Crippen molar-refractivity contribution in [3.63, 3.8) is 0 Å². The molecule has 1 N–H and O–H groups in total. The Labute approximate surface area is 155 Å². The van der Waals surface area contributed by atoms with Crippen molar-refractivity contribution in [3.05, 3.63) is 70.1 Å². The number of carboxylic acid groups (broad SMARTS) is 1. The maximum atomic E-state index is 12.4. The highest BCUT2D eigenvalue weighted by atomic mass is 16.6. The van der Waals surface area contributed by atoms with E-state index in [4.69, 9.17) is 15.4 Å². The topological polar surface area (TPSA) is 116 Å². The van der Waals surface area contributed by atoms with Crippen LogP contribution in [0.4, 0.5) is 4.79 Å². The maximum absolute atomic E-state index is 12.4. The van der Waals surface area contributed by atoms with Gasteiger partial charge in [-0.25, -0.2) is 4.79 Å². The standard InChI is InChI=1S/C19H18N4O4/c20-22-21-9-10-23(11-18(24)25)19(26)27-12-17-15-7-3-1-5-13(15)14-6-2-4-8-16(14)17/h1-8,17H,9-12H2,(H,24,25). The van der Waals surface area contributed by atoms with Crippen LogP contribution >= 0.6 is 0 Å². The van der Waals surface area contributed by atoms with E-state index in [-0.39, 0.29) is 25.6 Å². The summed E-state index contributed by atoms with van der Waals surface area (Å²) < 4.78 is 5.42. The van der Waals surface area contributed by atoms with Gasteiger partial charge in [0.2, 0.25) is 0 Å². The molecule has 3 rings (SSSR count). The molecular weight excluding hydrogens is 348 g/mol. The Morgan fingerprint density at radius 1 is 1.11 bits per heavy atom. The van der Waals surface area contributed by atoms with Gasteiger partial charge in [0.1, 0.15) is 13.2 Å². The fourth-order valence-corrected chi connectivity index (χ4v) is 3.29. The highest BCUT2D eigenvalue weighted by Gasteiger charge is 2.29. The molecule has 0 spiro atoms. The predicted molar refractivity (Wildman–Crippen MR) is 98.3 cm³/mol. The average Bonchev–Trinajstić information content (AvgIpc) is 2.99. The van der Waals surface area contributed by atoms with Crippen molar-refractivity contribution >= 4 is 12.1 Å². The highest BCUT2D eigenvalue weighted by molar-refractivity contribution is 5.79. The molecule has 1 aliphatic carbocycles. The van der Waals surface area contributed by atoms with Crippen molar-refractivity contribution in [3.8, 4) is 11.1 Å². The first-order chi connectivity index (χ1) is 13.1. The Hall–Kier alpha value is -3.51. The van der Waals surface area contributed by atoms with Crippen LogP contribution in [0.25, 0.3) is 21.6 Å². The Balaban J connectivity index is 1.74. The Morgan fingerprint density at radius 3 is 2.26 bits per heavy atom. The summed E-state index contributed by atoms with van der Waals surface area (Å²) in [5.74, 6) is -1.27. The van der Waals surface area contributed by atoms with Gasteiger partial charge in [-0.2, -0.15) is 0 Å². The number of carboxylic acids is 1. The normalized spacial score (nSPS) is 11.9. The second-order valence-corrected chi connectivity index (χ2v) is 6.07. The van der Waals surface area contributed by atoms with Gasteiger partial charge in [-0.3, -0.25) is 9.69 Å². The van der Waals surface area contributed by atoms with Gasteiger partial charge in [-0.1, -0.05) is 53.6 Å². The summed E-state index contributed by atoms with van der Waals surface area (Å²) in [4.78, 5) is 27.0. The van der Waals surface area contributed by atoms with Gasteiger partial charge in [0, 0.05) is 23.9 Å². The summed E-state index contributed by atoms with van der Waals surface area (Å²) in [6.07, 6.45) is -0.743. The van der Waals surface area contributed by atoms with E-state index in [1.165, 1.54) is 0 Å². The number of aliphatic carboxylic acids is 1. The lowest BCUT2D eigenvalue weighted by Crippen LogP contribution is -2.38. The maximum Gasteiger partial charge on any atom is 0.410 e. The Kier molecular flexibility index (Phi) is 5.58. The van der Waals surface area contributed by atoms with Gasteiger partial charge in [0.15, 0.2) is 0 Å². The van der Waals surface area contributed by atoms with Crippen LogP contribution in [0.1, 0.15) is 17.0 Å². The molecule has 0 fully saturated rings. The number of nitrogens with zero attached hydrogens (tertiary/aromatic N) is 4. The molecule has 0 unspecified atom stereocenters. The number of benzene rings is 2. The lowest BCUT2D eigenvalue weighted by molar-refractivity contribution is -0.138. The summed E-state index contributed by atoms with van der Waals surface area (Å²) >= 11 is 0. The number of amides is 1. The average molecular weight is 366 g/mol. The number of fused-ring (bicyclic) bond motifs is 3. The van der Waals surface area contributed by atoms with Gasteiger partial charge < -0.3 is 9.84 Å². The molecule has 1 amide bonds. The van der Waals surface area contributed by atoms with E-state index in [1.54, 1.807) is 0 Å². The van der Waals surface area contributed by atoms with E-state index in [2.05, 4.69) is 10.0 Å². The third kappa shape index (κ3) is 4.02. The molecule has 0 aliphatic heterocycles. The minimum absolute atomic E-state index is 0.0199. The molecule has 0 aromatic heterocycles. The molecule has 8 nitrogen and oxygen atoms in total. The smallest absolute Gasteiger partial charge is 0.410 e. The molecule has 0 saturated heterocycles. The van der Waals surface area contributed by atoms with Crippen LogP contribution in [-0.2, 0) is 9.53 Å². The molecule has 138 valence electrons. The number of ether oxygens (including phenoxy) is 1. The van der Waals surface area contributed by atoms with E-state index in [0.717, 1.165) is 27.2 Å².